The van der Waals surface area contributed by atoms with Gasteiger partial charge in [-0.25, -0.2) is 4.90 Å². The fourth-order valence-electron chi connectivity index (χ4n) is 2.99. The van der Waals surface area contributed by atoms with Crippen molar-refractivity contribution < 1.29 is 19.4 Å². The predicted molar refractivity (Wildman–Crippen MR) is 105 cm³/mol. The molecule has 0 bridgehead atoms. The Balaban J connectivity index is 1.90. The van der Waals surface area contributed by atoms with Crippen molar-refractivity contribution in [2.75, 3.05) is 4.90 Å². The van der Waals surface area contributed by atoms with Gasteiger partial charge in [0.25, 0.3) is 5.91 Å². The standard InChI is InChI=1S/C22H23NO4/c1-13(2)15-5-9-17(10-6-15)23-21(25)19(20(24)22(23)26)16-7-11-18(12-8-16)27-14(3)4/h5-14,24H,1-4H3. The molecule has 1 aliphatic heterocycles. The number of nitrogens with zero attached hydrogens (tertiary/aromatic N) is 1. The summed E-state index contributed by atoms with van der Waals surface area (Å²) >= 11 is 0. The van der Waals surface area contributed by atoms with E-state index in [9.17, 15) is 14.7 Å². The second-order valence-corrected chi connectivity index (χ2v) is 7.11. The van der Waals surface area contributed by atoms with E-state index in [1.807, 2.05) is 26.0 Å². The second-order valence-electron chi connectivity index (χ2n) is 7.11. The molecular weight excluding hydrogens is 342 g/mol. The van der Waals surface area contributed by atoms with Crippen LogP contribution in [0.2, 0.25) is 0 Å². The van der Waals surface area contributed by atoms with Gasteiger partial charge in [0.15, 0.2) is 5.76 Å². The molecule has 2 aromatic carbocycles. The number of amides is 2. The average molecular weight is 365 g/mol. The lowest BCUT2D eigenvalue weighted by Gasteiger charge is -2.16. The highest BCUT2D eigenvalue weighted by Gasteiger charge is 2.40. The van der Waals surface area contributed by atoms with Gasteiger partial charge in [0, 0.05) is 0 Å². The molecule has 5 heteroatoms. The lowest BCUT2D eigenvalue weighted by Crippen LogP contribution is -2.31. The Morgan fingerprint density at radius 1 is 0.852 bits per heavy atom. The predicted octanol–water partition coefficient (Wildman–Crippen LogP) is 4.44. The number of carbonyl (C=O) groups excluding carboxylic acids is 2. The maximum atomic E-state index is 12.9. The zero-order valence-corrected chi connectivity index (χ0v) is 15.9. The first kappa shape index (κ1) is 18.7. The molecule has 1 N–H and O–H groups in total. The zero-order chi connectivity index (χ0) is 19.7. The van der Waals surface area contributed by atoms with Gasteiger partial charge in [-0.05, 0) is 55.2 Å². The van der Waals surface area contributed by atoms with Crippen LogP contribution < -0.4 is 9.64 Å². The van der Waals surface area contributed by atoms with Crippen LogP contribution in [0.15, 0.2) is 54.3 Å². The Bertz CT molecular complexity index is 893. The van der Waals surface area contributed by atoms with E-state index >= 15 is 0 Å². The van der Waals surface area contributed by atoms with Crippen LogP contribution in [0, 0.1) is 0 Å². The molecule has 0 aliphatic carbocycles. The fraction of sp³-hybridized carbons (Fsp3) is 0.273. The van der Waals surface area contributed by atoms with Gasteiger partial charge in [0.05, 0.1) is 17.4 Å². The topological polar surface area (TPSA) is 66.8 Å². The molecule has 0 atom stereocenters. The fourth-order valence-corrected chi connectivity index (χ4v) is 2.99. The lowest BCUT2D eigenvalue weighted by atomic mass is 10.0. The Kier molecular flexibility index (Phi) is 5.04. The van der Waals surface area contributed by atoms with Crippen molar-refractivity contribution in [3.05, 3.63) is 65.4 Å². The van der Waals surface area contributed by atoms with E-state index in [4.69, 9.17) is 4.74 Å². The molecule has 3 rings (SSSR count). The highest BCUT2D eigenvalue weighted by Crippen LogP contribution is 2.33. The first-order valence-electron chi connectivity index (χ1n) is 8.98. The molecule has 0 radical (unpaired) electrons. The molecular formula is C22H23NO4. The van der Waals surface area contributed by atoms with Crippen molar-refractivity contribution in [1.29, 1.82) is 0 Å². The van der Waals surface area contributed by atoms with Crippen LogP contribution in [0.5, 0.6) is 5.75 Å². The van der Waals surface area contributed by atoms with E-state index < -0.39 is 17.6 Å². The van der Waals surface area contributed by atoms with E-state index in [1.54, 1.807) is 36.4 Å². The minimum atomic E-state index is -0.713. The number of benzene rings is 2. The van der Waals surface area contributed by atoms with Gasteiger partial charge in [-0.2, -0.15) is 0 Å². The van der Waals surface area contributed by atoms with Crippen LogP contribution in [-0.2, 0) is 9.59 Å². The molecule has 0 aromatic heterocycles. The Morgan fingerprint density at radius 3 is 1.96 bits per heavy atom. The maximum Gasteiger partial charge on any atom is 0.301 e. The van der Waals surface area contributed by atoms with Crippen molar-refractivity contribution >= 4 is 23.1 Å². The maximum absolute atomic E-state index is 12.9. The summed E-state index contributed by atoms with van der Waals surface area (Å²) in [5, 5.41) is 10.3. The molecule has 0 spiro atoms. The Labute approximate surface area is 158 Å². The summed E-state index contributed by atoms with van der Waals surface area (Å²) in [6.07, 6.45) is 0.0301. The number of hydrogen-bond donors (Lipinski definition) is 1. The summed E-state index contributed by atoms with van der Waals surface area (Å²) in [5.41, 5.74) is 2.03. The van der Waals surface area contributed by atoms with Crippen LogP contribution in [0.4, 0.5) is 5.69 Å². The number of anilines is 1. The summed E-state index contributed by atoms with van der Waals surface area (Å²) in [4.78, 5) is 26.4. The number of rotatable bonds is 5. The normalized spacial score (nSPS) is 14.7. The quantitative estimate of drug-likeness (QED) is 0.796. The number of aliphatic hydroxyl groups is 1. The molecule has 2 amide bonds. The average Bonchev–Trinajstić information content (AvgIpc) is 2.85. The molecule has 140 valence electrons. The van der Waals surface area contributed by atoms with Gasteiger partial charge >= 0.3 is 5.91 Å². The molecule has 27 heavy (non-hydrogen) atoms. The van der Waals surface area contributed by atoms with Crippen LogP contribution in [0.3, 0.4) is 0 Å². The Hall–Kier alpha value is -3.08. The summed E-state index contributed by atoms with van der Waals surface area (Å²) in [6, 6.07) is 14.0. The van der Waals surface area contributed by atoms with Gasteiger partial charge < -0.3 is 9.84 Å². The summed E-state index contributed by atoms with van der Waals surface area (Å²) < 4.78 is 5.59. The SMILES string of the molecule is CC(C)Oc1ccc(C2=C(O)C(=O)N(c3ccc(C(C)C)cc3)C2=O)cc1. The summed E-state index contributed by atoms with van der Waals surface area (Å²) in [6.45, 7) is 7.98. The third-order valence-electron chi connectivity index (χ3n) is 4.39. The lowest BCUT2D eigenvalue weighted by molar-refractivity contribution is -0.121. The van der Waals surface area contributed by atoms with Gasteiger partial charge in [0.1, 0.15) is 5.75 Å². The van der Waals surface area contributed by atoms with Crippen molar-refractivity contribution in [3.63, 3.8) is 0 Å². The third kappa shape index (κ3) is 3.58. The summed E-state index contributed by atoms with van der Waals surface area (Å²) in [5.74, 6) is -0.781. The Morgan fingerprint density at radius 2 is 1.44 bits per heavy atom. The van der Waals surface area contributed by atoms with Gasteiger partial charge in [-0.1, -0.05) is 38.1 Å². The number of imide groups is 1. The van der Waals surface area contributed by atoms with E-state index in [0.29, 0.717) is 22.9 Å². The molecule has 0 saturated heterocycles. The molecule has 0 saturated carbocycles. The smallest absolute Gasteiger partial charge is 0.301 e. The second kappa shape index (κ2) is 7.27. The first-order valence-corrected chi connectivity index (χ1v) is 8.98. The third-order valence-corrected chi connectivity index (χ3v) is 4.39. The van der Waals surface area contributed by atoms with Crippen LogP contribution >= 0.6 is 0 Å². The molecule has 1 heterocycles. The molecule has 5 nitrogen and oxygen atoms in total. The highest BCUT2D eigenvalue weighted by atomic mass is 16.5. The van der Waals surface area contributed by atoms with Gasteiger partial charge in [-0.3, -0.25) is 9.59 Å². The van der Waals surface area contributed by atoms with Crippen molar-refractivity contribution in [2.24, 2.45) is 0 Å². The monoisotopic (exact) mass is 365 g/mol. The molecule has 0 fully saturated rings. The largest absolute Gasteiger partial charge is 0.502 e. The number of hydrogen-bond acceptors (Lipinski definition) is 4. The molecule has 2 aromatic rings. The molecule has 0 unspecified atom stereocenters. The minimum Gasteiger partial charge on any atom is -0.502 e. The highest BCUT2D eigenvalue weighted by molar-refractivity contribution is 6.44. The summed E-state index contributed by atoms with van der Waals surface area (Å²) in [7, 11) is 0. The number of aliphatic hydroxyl groups excluding tert-OH is 1. The zero-order valence-electron chi connectivity index (χ0n) is 15.9. The van der Waals surface area contributed by atoms with E-state index in [0.717, 1.165) is 10.5 Å². The molecule has 1 aliphatic rings. The first-order chi connectivity index (χ1) is 12.8. The van der Waals surface area contributed by atoms with Crippen molar-refractivity contribution in [3.8, 4) is 5.75 Å². The van der Waals surface area contributed by atoms with Crippen LogP contribution in [-0.4, -0.2) is 23.0 Å². The van der Waals surface area contributed by atoms with E-state index in [2.05, 4.69) is 13.8 Å². The van der Waals surface area contributed by atoms with Crippen LogP contribution in [0.1, 0.15) is 44.7 Å². The van der Waals surface area contributed by atoms with E-state index in [-0.39, 0.29) is 11.7 Å². The number of ether oxygens (including phenoxy) is 1. The minimum absolute atomic E-state index is 0.00373. The number of carbonyl (C=O) groups is 2. The van der Waals surface area contributed by atoms with Gasteiger partial charge in [0.2, 0.25) is 0 Å². The van der Waals surface area contributed by atoms with Crippen molar-refractivity contribution in [2.45, 2.75) is 39.7 Å². The van der Waals surface area contributed by atoms with E-state index in [1.165, 1.54) is 0 Å². The van der Waals surface area contributed by atoms with Crippen LogP contribution in [0.25, 0.3) is 5.57 Å². The van der Waals surface area contributed by atoms with Gasteiger partial charge in [-0.15, -0.1) is 0 Å². The van der Waals surface area contributed by atoms with Crippen molar-refractivity contribution in [1.82, 2.24) is 0 Å².